The summed E-state index contributed by atoms with van der Waals surface area (Å²) < 4.78 is 5.93. The van der Waals surface area contributed by atoms with E-state index in [1.807, 2.05) is 32.2 Å². The number of amides is 6. The number of carbonyl (C=O) groups is 9. The molecular weight excluding hydrogens is 1200 g/mol. The summed E-state index contributed by atoms with van der Waals surface area (Å²) in [5.74, 6) is -7.61. The minimum Gasteiger partial charge on any atom is -0.508 e. The summed E-state index contributed by atoms with van der Waals surface area (Å²) in [6, 6.07) is 15.5. The maximum absolute atomic E-state index is 14.3. The minimum atomic E-state index is -1.60. The van der Waals surface area contributed by atoms with Crippen LogP contribution >= 0.6 is 12.2 Å². The number of aliphatic carboxylic acids is 3. The molecule has 0 spiro atoms. The van der Waals surface area contributed by atoms with E-state index in [1.54, 1.807) is 62.4 Å². The summed E-state index contributed by atoms with van der Waals surface area (Å²) in [6.45, 7) is 9.60. The quantitative estimate of drug-likeness (QED) is 0.00821. The summed E-state index contributed by atoms with van der Waals surface area (Å²) in [6.07, 6.45) is 1.30. The van der Waals surface area contributed by atoms with Crippen LogP contribution in [0, 0.1) is 5.41 Å². The highest BCUT2D eigenvalue weighted by atomic mass is 32.1. The number of fused-ring (bicyclic) bond motifs is 2. The number of anilines is 1. The zero-order chi connectivity index (χ0) is 67.2. The Morgan fingerprint density at radius 2 is 1.33 bits per heavy atom. The fourth-order valence-electron chi connectivity index (χ4n) is 9.98. The highest BCUT2D eigenvalue weighted by Crippen LogP contribution is 2.42. The number of unbranched alkanes of at least 4 members (excludes halogenated alkanes) is 1. The molecule has 3 aromatic carbocycles. The van der Waals surface area contributed by atoms with Crippen molar-refractivity contribution in [1.29, 1.82) is 0 Å². The van der Waals surface area contributed by atoms with Crippen molar-refractivity contribution >= 4 is 93.5 Å². The lowest BCUT2D eigenvalue weighted by atomic mass is 9.80. The molecule has 0 saturated carbocycles. The number of nitrogens with zero attached hydrogens (tertiary/aromatic N) is 1. The van der Waals surface area contributed by atoms with Crippen LogP contribution in [-0.2, 0) is 40.0 Å². The van der Waals surface area contributed by atoms with Gasteiger partial charge in [0.25, 0.3) is 0 Å². The summed E-state index contributed by atoms with van der Waals surface area (Å²) in [5.41, 5.74) is 11.9. The van der Waals surface area contributed by atoms with Gasteiger partial charge >= 0.3 is 29.9 Å². The second-order valence-corrected chi connectivity index (χ2v) is 24.0. The molecule has 0 radical (unpaired) electrons. The van der Waals surface area contributed by atoms with E-state index in [-0.39, 0.29) is 83.8 Å². The lowest BCUT2D eigenvalue weighted by molar-refractivity contribution is -0.141. The second kappa shape index (κ2) is 33.6. The third-order valence-corrected chi connectivity index (χ3v) is 15.0. The Morgan fingerprint density at radius 1 is 0.670 bits per heavy atom. The maximum Gasteiger partial charge on any atom is 0.336 e. The van der Waals surface area contributed by atoms with Crippen molar-refractivity contribution in [1.82, 2.24) is 37.2 Å². The van der Waals surface area contributed by atoms with Crippen molar-refractivity contribution in [2.24, 2.45) is 21.9 Å². The average Bonchev–Trinajstić information content (AvgIpc) is 0.773. The molecule has 17 N–H and O–H groups in total. The van der Waals surface area contributed by atoms with Gasteiger partial charge in [0.1, 0.15) is 41.3 Å². The lowest BCUT2D eigenvalue weighted by Gasteiger charge is -2.32. The zero-order valence-corrected chi connectivity index (χ0v) is 52.1. The highest BCUT2D eigenvalue weighted by Gasteiger charge is 2.33. The molecule has 490 valence electrons. The van der Waals surface area contributed by atoms with Gasteiger partial charge in [-0.3, -0.25) is 33.8 Å². The summed E-state index contributed by atoms with van der Waals surface area (Å²) in [4.78, 5) is 131. The van der Waals surface area contributed by atoms with Gasteiger partial charge in [0.2, 0.25) is 23.6 Å². The number of aliphatic imine (C=N–C) groups is 1. The molecule has 28 heteroatoms. The van der Waals surface area contributed by atoms with E-state index in [2.05, 4.69) is 42.2 Å². The number of rotatable bonds is 35. The molecule has 0 fully saturated rings. The molecule has 1 aliphatic heterocycles. The van der Waals surface area contributed by atoms with Gasteiger partial charge in [-0.1, -0.05) is 50.2 Å². The van der Waals surface area contributed by atoms with Gasteiger partial charge < -0.3 is 84.0 Å². The molecule has 5 atom stereocenters. The Labute approximate surface area is 530 Å². The van der Waals surface area contributed by atoms with Gasteiger partial charge in [-0.2, -0.15) is 0 Å². The van der Waals surface area contributed by atoms with Crippen LogP contribution in [0.25, 0.3) is 33.4 Å². The number of carboxylic acid groups (broad SMARTS) is 4. The van der Waals surface area contributed by atoms with Gasteiger partial charge in [-0.05, 0) is 144 Å². The number of urea groups is 1. The van der Waals surface area contributed by atoms with Crippen LogP contribution in [0.1, 0.15) is 128 Å². The lowest BCUT2D eigenvalue weighted by Crippen LogP contribution is -2.55. The minimum absolute atomic E-state index is 0.0498. The number of phenolic OH excluding ortho intramolecular Hbond substituents is 1. The normalized spacial score (nSPS) is 13.0. The van der Waals surface area contributed by atoms with Crippen LogP contribution in [0.5, 0.6) is 5.75 Å². The molecule has 1 aliphatic carbocycles. The smallest absolute Gasteiger partial charge is 0.336 e. The Kier molecular flexibility index (Phi) is 26.6. The number of aromatic hydroxyl groups is 1. The van der Waals surface area contributed by atoms with Crippen LogP contribution in [0.3, 0.4) is 0 Å². The monoisotopic (exact) mass is 1280 g/mol. The molecule has 2 aliphatic rings. The second-order valence-electron chi connectivity index (χ2n) is 23.6. The number of carboxylic acids is 4. The van der Waals surface area contributed by atoms with Crippen molar-refractivity contribution in [2.45, 2.75) is 154 Å². The summed E-state index contributed by atoms with van der Waals surface area (Å²) in [7, 11) is 0. The Morgan fingerprint density at radius 3 is 1.98 bits per heavy atom. The van der Waals surface area contributed by atoms with Crippen molar-refractivity contribution in [3.8, 4) is 28.2 Å². The van der Waals surface area contributed by atoms with Crippen molar-refractivity contribution in [2.75, 3.05) is 18.4 Å². The molecule has 0 aromatic heterocycles. The Bertz CT molecular complexity index is 3500. The Hall–Kier alpha value is -9.86. The largest absolute Gasteiger partial charge is 0.508 e. The van der Waals surface area contributed by atoms with E-state index < -0.39 is 101 Å². The number of phenols is 1. The standard InChI is InChI=1S/C63H81N11O16S/c1-35(12-9-10-28-67-61(91)69-37-16-19-40(43(31-37)56(83)84)53-41-20-17-38(75)32-48(41)90-49-33-39(76)18-21-42(49)53)68-54(81)44(15-11-29-66-59(64)65)71-55(82)47(30-36-13-7-6-8-14-36)70-51(78)34-62(2,3)26-27-63(4,5)74-50(77)24-22-45(57(85)86)72-60(89)73-46(58(87)88)23-25-52(79)80/h6-8,13-14,16-21,31-33,35,44-47,75H,9-12,15,22-30,34H2,1-5H3,(H,68,81)(H,70,78)(H,71,82)(H,74,77)(H,79,80)(H,83,84)(H,85,86)(H,87,88)(H4,64,65,66)(H2,67,69,91)(H2,72,73,89)/t35-,44+,45+,46+,47+/m1/s1. The molecule has 91 heavy (non-hydrogen) atoms. The van der Waals surface area contributed by atoms with Gasteiger partial charge in [-0.25, -0.2) is 19.2 Å². The van der Waals surface area contributed by atoms with Crippen LogP contribution in [0.2, 0.25) is 0 Å². The molecule has 1 heterocycles. The first-order chi connectivity index (χ1) is 42.9. The predicted octanol–water partition coefficient (Wildman–Crippen LogP) is 5.14. The molecular formula is C63H81N11O16S. The molecule has 0 bridgehead atoms. The van der Waals surface area contributed by atoms with E-state index in [4.69, 9.17) is 33.2 Å². The van der Waals surface area contributed by atoms with Crippen molar-refractivity contribution in [3.05, 3.63) is 106 Å². The predicted molar refractivity (Wildman–Crippen MR) is 343 cm³/mol. The number of thiocarbonyl (C=S) groups is 1. The van der Waals surface area contributed by atoms with Gasteiger partial charge in [0, 0.05) is 84.7 Å². The van der Waals surface area contributed by atoms with E-state index in [1.165, 1.54) is 30.3 Å². The number of hydrogen-bond acceptors (Lipinski definition) is 14. The molecule has 6 amide bonds. The third-order valence-electron chi connectivity index (χ3n) is 14.8. The summed E-state index contributed by atoms with van der Waals surface area (Å²) >= 11 is 5.56. The first-order valence-electron chi connectivity index (χ1n) is 29.6. The molecule has 27 nitrogen and oxygen atoms in total. The zero-order valence-electron chi connectivity index (χ0n) is 51.3. The SMILES string of the molecule is C[C@H](CCCCNC(=S)Nc1ccc(-c2c3ccc(=O)cc-3oc3cc(O)ccc23)c(C(=O)O)c1)NC(=O)[C@H](CCCN=C(N)N)NC(=O)[C@H](Cc1ccccc1)NC(=O)CC(C)(C)CCC(C)(C)NC(=O)CC[C@H](NC(=O)N[C@@H](CCC(=O)O)C(=O)O)C(=O)O. The van der Waals surface area contributed by atoms with Crippen LogP contribution in [0.4, 0.5) is 10.5 Å². The fraction of sp³-hybridized carbons (Fsp3) is 0.429. The number of benzene rings is 4. The Balaban J connectivity index is 1.14. The van der Waals surface area contributed by atoms with E-state index >= 15 is 0 Å². The maximum atomic E-state index is 14.3. The first-order valence-corrected chi connectivity index (χ1v) is 30.0. The number of hydrogen-bond donors (Lipinski definition) is 15. The van der Waals surface area contributed by atoms with E-state index in [0.717, 1.165) is 5.56 Å². The molecule has 3 aromatic rings. The van der Waals surface area contributed by atoms with Gasteiger partial charge in [0.15, 0.2) is 16.5 Å². The highest BCUT2D eigenvalue weighted by molar-refractivity contribution is 7.80. The average molecular weight is 1280 g/mol. The fourth-order valence-corrected chi connectivity index (χ4v) is 10.2. The van der Waals surface area contributed by atoms with Crippen molar-refractivity contribution in [3.63, 3.8) is 0 Å². The molecule has 0 saturated heterocycles. The van der Waals surface area contributed by atoms with E-state index in [9.17, 15) is 68.4 Å². The van der Waals surface area contributed by atoms with Crippen LogP contribution in [-0.4, -0.2) is 139 Å². The summed E-state index contributed by atoms with van der Waals surface area (Å²) in [5, 5.41) is 71.2. The van der Waals surface area contributed by atoms with Crippen molar-refractivity contribution < 1.29 is 73.1 Å². The van der Waals surface area contributed by atoms with Gasteiger partial charge in [0.05, 0.1) is 5.56 Å². The van der Waals surface area contributed by atoms with Crippen LogP contribution in [0.15, 0.2) is 99.1 Å². The van der Waals surface area contributed by atoms with Gasteiger partial charge in [-0.15, -0.1) is 0 Å². The van der Waals surface area contributed by atoms with E-state index in [0.29, 0.717) is 72.8 Å². The van der Waals surface area contributed by atoms with Crippen LogP contribution < -0.4 is 59.4 Å². The number of aromatic carboxylic acids is 1. The number of guanidine groups is 1. The molecule has 5 rings (SSSR count). The topological polar surface area (TPSA) is 446 Å². The first kappa shape index (κ1) is 71.9. The third kappa shape index (κ3) is 23.9. The number of nitrogens with two attached hydrogens (primary N) is 2. The number of nitrogens with one attached hydrogen (secondary N) is 8. The molecule has 0 unspecified atom stereocenters. The number of carbonyl (C=O) groups excluding carboxylic acids is 5.